The molecule has 0 unspecified atom stereocenters. The highest BCUT2D eigenvalue weighted by atomic mass is 16.5. The summed E-state index contributed by atoms with van der Waals surface area (Å²) in [6.07, 6.45) is 4.41. The van der Waals surface area contributed by atoms with Gasteiger partial charge in [-0.2, -0.15) is 0 Å². The summed E-state index contributed by atoms with van der Waals surface area (Å²) in [4.78, 5) is 4.81. The molecule has 0 spiro atoms. The lowest BCUT2D eigenvalue weighted by atomic mass is 10.1. The molecule has 1 aliphatic heterocycles. The molecule has 2 aromatic rings. The number of hydrogen-bond donors (Lipinski definition) is 2. The molecule has 3 rings (SSSR count). The van der Waals surface area contributed by atoms with E-state index in [0.717, 1.165) is 70.0 Å². The normalized spacial score (nSPS) is 16.0. The van der Waals surface area contributed by atoms with E-state index in [4.69, 9.17) is 9.72 Å². The molecule has 126 valence electrons. The van der Waals surface area contributed by atoms with E-state index >= 15 is 0 Å². The van der Waals surface area contributed by atoms with Crippen LogP contribution in [-0.2, 0) is 11.3 Å². The van der Waals surface area contributed by atoms with Gasteiger partial charge in [0.25, 0.3) is 0 Å². The highest BCUT2D eigenvalue weighted by Gasteiger charge is 2.17. The Labute approximate surface area is 138 Å². The highest BCUT2D eigenvalue weighted by Crippen LogP contribution is 2.22. The third-order valence-electron chi connectivity index (χ3n) is 4.35. The van der Waals surface area contributed by atoms with Crippen LogP contribution in [-0.4, -0.2) is 41.9 Å². The summed E-state index contributed by atoms with van der Waals surface area (Å²) in [7, 11) is 0. The van der Waals surface area contributed by atoms with Gasteiger partial charge in [-0.05, 0) is 50.9 Å². The predicted octanol–water partition coefficient (Wildman–Crippen LogP) is 3.02. The van der Waals surface area contributed by atoms with Crippen LogP contribution in [0.15, 0.2) is 24.3 Å². The lowest BCUT2D eigenvalue weighted by molar-refractivity contribution is 0.129. The van der Waals surface area contributed by atoms with Crippen molar-refractivity contribution in [3.63, 3.8) is 0 Å². The molecule has 0 radical (unpaired) electrons. The maximum atomic E-state index is 5.62. The van der Waals surface area contributed by atoms with Crippen molar-refractivity contribution in [1.29, 1.82) is 0 Å². The maximum Gasteiger partial charge on any atom is 0.204 e. The summed E-state index contributed by atoms with van der Waals surface area (Å²) < 4.78 is 7.93. The molecule has 23 heavy (non-hydrogen) atoms. The van der Waals surface area contributed by atoms with E-state index < -0.39 is 0 Å². The van der Waals surface area contributed by atoms with E-state index in [1.165, 1.54) is 5.52 Å². The van der Waals surface area contributed by atoms with Crippen LogP contribution >= 0.6 is 0 Å². The van der Waals surface area contributed by atoms with Gasteiger partial charge < -0.3 is 19.9 Å². The molecule has 1 fully saturated rings. The van der Waals surface area contributed by atoms with Gasteiger partial charge in [0.2, 0.25) is 5.95 Å². The van der Waals surface area contributed by atoms with Crippen LogP contribution in [0.5, 0.6) is 0 Å². The Morgan fingerprint density at radius 1 is 1.26 bits per heavy atom. The van der Waals surface area contributed by atoms with Crippen LogP contribution in [0.4, 0.5) is 5.95 Å². The second-order valence-electron chi connectivity index (χ2n) is 6.21. The fourth-order valence-corrected chi connectivity index (χ4v) is 3.13. The zero-order valence-electron chi connectivity index (χ0n) is 14.1. The topological polar surface area (TPSA) is 51.1 Å². The third kappa shape index (κ3) is 4.24. The van der Waals surface area contributed by atoms with Gasteiger partial charge in [0.15, 0.2) is 0 Å². The summed E-state index contributed by atoms with van der Waals surface area (Å²) in [5.74, 6) is 1.01. The Balaban J connectivity index is 1.71. The summed E-state index contributed by atoms with van der Waals surface area (Å²) in [6, 6.07) is 8.90. The van der Waals surface area contributed by atoms with Crippen molar-refractivity contribution in [2.24, 2.45) is 0 Å². The van der Waals surface area contributed by atoms with E-state index in [9.17, 15) is 0 Å². The van der Waals surface area contributed by atoms with Gasteiger partial charge in [-0.25, -0.2) is 4.98 Å². The number of nitrogens with one attached hydrogen (secondary N) is 2. The first-order chi connectivity index (χ1) is 11.4. The molecule has 0 atom stereocenters. The standard InChI is InChI=1S/C18H28N4O/c1-2-13-23-14-5-12-22-17-7-4-3-6-16(17)21-18(22)20-15-8-10-19-11-9-15/h3-4,6-7,15,19H,2,5,8-14H2,1H3,(H,20,21). The maximum absolute atomic E-state index is 5.62. The van der Waals surface area contributed by atoms with E-state index in [1.807, 2.05) is 0 Å². The number of nitrogens with zero attached hydrogens (tertiary/aromatic N) is 2. The van der Waals surface area contributed by atoms with Crippen LogP contribution < -0.4 is 10.6 Å². The van der Waals surface area contributed by atoms with Crippen LogP contribution in [0.1, 0.15) is 32.6 Å². The lowest BCUT2D eigenvalue weighted by Gasteiger charge is -2.24. The highest BCUT2D eigenvalue weighted by molar-refractivity contribution is 5.78. The van der Waals surface area contributed by atoms with E-state index in [-0.39, 0.29) is 0 Å². The van der Waals surface area contributed by atoms with Crippen molar-refractivity contribution in [3.8, 4) is 0 Å². The number of ether oxygens (including phenoxy) is 1. The lowest BCUT2D eigenvalue weighted by Crippen LogP contribution is -2.36. The van der Waals surface area contributed by atoms with E-state index in [2.05, 4.69) is 46.4 Å². The second-order valence-corrected chi connectivity index (χ2v) is 6.21. The quantitative estimate of drug-likeness (QED) is 0.735. The predicted molar refractivity (Wildman–Crippen MR) is 95.0 cm³/mol. The fraction of sp³-hybridized carbons (Fsp3) is 0.611. The largest absolute Gasteiger partial charge is 0.381 e. The van der Waals surface area contributed by atoms with E-state index in [0.29, 0.717) is 6.04 Å². The minimum absolute atomic E-state index is 0.517. The van der Waals surface area contributed by atoms with Crippen LogP contribution in [0, 0.1) is 0 Å². The minimum atomic E-state index is 0.517. The molecular formula is C18H28N4O. The van der Waals surface area contributed by atoms with E-state index in [1.54, 1.807) is 0 Å². The third-order valence-corrected chi connectivity index (χ3v) is 4.35. The first kappa shape index (κ1) is 16.3. The molecule has 2 heterocycles. The number of fused-ring (bicyclic) bond motifs is 1. The van der Waals surface area contributed by atoms with Crippen LogP contribution in [0.2, 0.25) is 0 Å². The summed E-state index contributed by atoms with van der Waals surface area (Å²) in [5.41, 5.74) is 2.28. The van der Waals surface area contributed by atoms with Crippen molar-refractivity contribution in [1.82, 2.24) is 14.9 Å². The number of hydrogen-bond acceptors (Lipinski definition) is 4. The van der Waals surface area contributed by atoms with Crippen molar-refractivity contribution < 1.29 is 4.74 Å². The molecule has 1 aliphatic rings. The molecule has 1 aromatic carbocycles. The number of benzene rings is 1. The number of rotatable bonds is 8. The smallest absolute Gasteiger partial charge is 0.204 e. The summed E-state index contributed by atoms with van der Waals surface area (Å²) in [6.45, 7) is 6.92. The molecular weight excluding hydrogens is 288 g/mol. The van der Waals surface area contributed by atoms with Gasteiger partial charge in [-0.15, -0.1) is 0 Å². The monoisotopic (exact) mass is 316 g/mol. The van der Waals surface area contributed by atoms with Crippen molar-refractivity contribution in [2.45, 2.75) is 45.2 Å². The Bertz CT molecular complexity index is 604. The van der Waals surface area contributed by atoms with Gasteiger partial charge in [0.05, 0.1) is 11.0 Å². The Morgan fingerprint density at radius 3 is 2.91 bits per heavy atom. The molecule has 0 saturated carbocycles. The minimum Gasteiger partial charge on any atom is -0.381 e. The Kier molecular flexibility index (Phi) is 5.88. The summed E-state index contributed by atoms with van der Waals surface area (Å²) in [5, 5.41) is 7.07. The van der Waals surface area contributed by atoms with Gasteiger partial charge >= 0.3 is 0 Å². The molecule has 1 saturated heterocycles. The van der Waals surface area contributed by atoms with Gasteiger partial charge in [0.1, 0.15) is 0 Å². The molecule has 2 N–H and O–H groups in total. The zero-order valence-corrected chi connectivity index (χ0v) is 14.1. The SMILES string of the molecule is CCCOCCCn1c(NC2CCNCC2)nc2ccccc21. The number of aryl methyl sites for hydroxylation is 1. The Hall–Kier alpha value is -1.59. The Morgan fingerprint density at radius 2 is 2.09 bits per heavy atom. The number of anilines is 1. The molecule has 0 aliphatic carbocycles. The second kappa shape index (κ2) is 8.31. The fourth-order valence-electron chi connectivity index (χ4n) is 3.13. The molecule has 0 bridgehead atoms. The number of aromatic nitrogens is 2. The number of piperidine rings is 1. The molecule has 5 nitrogen and oxygen atoms in total. The van der Waals surface area contributed by atoms with Crippen LogP contribution in [0.25, 0.3) is 11.0 Å². The molecule has 1 aromatic heterocycles. The molecule has 5 heteroatoms. The van der Waals surface area contributed by atoms with Gasteiger partial charge in [-0.3, -0.25) is 0 Å². The first-order valence-electron chi connectivity index (χ1n) is 8.88. The van der Waals surface area contributed by atoms with Crippen molar-refractivity contribution in [2.75, 3.05) is 31.6 Å². The van der Waals surface area contributed by atoms with Crippen LogP contribution in [0.3, 0.4) is 0 Å². The number of imidazole rings is 1. The van der Waals surface area contributed by atoms with Gasteiger partial charge in [-0.1, -0.05) is 19.1 Å². The average molecular weight is 316 g/mol. The zero-order chi connectivity index (χ0) is 15.9. The molecule has 0 amide bonds. The summed E-state index contributed by atoms with van der Waals surface area (Å²) >= 11 is 0. The van der Waals surface area contributed by atoms with Crippen molar-refractivity contribution >= 4 is 17.0 Å². The first-order valence-corrected chi connectivity index (χ1v) is 8.88. The van der Waals surface area contributed by atoms with Crippen molar-refractivity contribution in [3.05, 3.63) is 24.3 Å². The average Bonchev–Trinajstić information content (AvgIpc) is 2.93. The number of para-hydroxylation sites is 2. The van der Waals surface area contributed by atoms with Gasteiger partial charge in [0, 0.05) is 25.8 Å².